The zero-order valence-electron chi connectivity index (χ0n) is 12.1. The van der Waals surface area contributed by atoms with Gasteiger partial charge in [-0.05, 0) is 36.4 Å². The average molecular weight is 345 g/mol. The van der Waals surface area contributed by atoms with E-state index >= 15 is 0 Å². The molecule has 116 valence electrons. The molecule has 2 heterocycles. The third kappa shape index (κ3) is 4.28. The summed E-state index contributed by atoms with van der Waals surface area (Å²) in [5, 5.41) is 13.4. The maximum absolute atomic E-state index is 5.83. The first-order valence-corrected chi connectivity index (χ1v) is 7.97. The van der Waals surface area contributed by atoms with Gasteiger partial charge in [0.25, 0.3) is 0 Å². The van der Waals surface area contributed by atoms with Crippen LogP contribution in [0.5, 0.6) is 5.75 Å². The molecule has 0 aliphatic heterocycles. The summed E-state index contributed by atoms with van der Waals surface area (Å²) in [6.45, 7) is 4.34. The predicted molar refractivity (Wildman–Crippen MR) is 92.6 cm³/mol. The summed E-state index contributed by atoms with van der Waals surface area (Å²) in [6.07, 6.45) is 3.43. The minimum Gasteiger partial charge on any atom is -0.486 e. The molecule has 0 bridgehead atoms. The van der Waals surface area contributed by atoms with Gasteiger partial charge >= 0.3 is 0 Å². The fourth-order valence-corrected chi connectivity index (χ4v) is 2.60. The number of hydrogen-bond acceptors (Lipinski definition) is 6. The largest absolute Gasteiger partial charge is 0.486 e. The van der Waals surface area contributed by atoms with Crippen molar-refractivity contribution in [3.05, 3.63) is 71.0 Å². The number of rotatable bonds is 6. The minimum absolute atomic E-state index is 0.350. The van der Waals surface area contributed by atoms with Gasteiger partial charge in [0, 0.05) is 28.7 Å². The Bertz CT molecular complexity index is 789. The number of aromatic nitrogens is 3. The van der Waals surface area contributed by atoms with Gasteiger partial charge in [0.2, 0.25) is 5.13 Å². The molecule has 0 unspecified atom stereocenters. The van der Waals surface area contributed by atoms with Gasteiger partial charge < -0.3 is 10.1 Å². The van der Waals surface area contributed by atoms with Crippen molar-refractivity contribution in [3.63, 3.8) is 0 Å². The van der Waals surface area contributed by atoms with Crippen molar-refractivity contribution in [1.82, 2.24) is 15.2 Å². The summed E-state index contributed by atoms with van der Waals surface area (Å²) in [6, 6.07) is 10.9. The van der Waals surface area contributed by atoms with Crippen molar-refractivity contribution in [3.8, 4) is 5.75 Å². The Balaban J connectivity index is 1.57. The lowest BCUT2D eigenvalue weighted by Crippen LogP contribution is -1.96. The smallest absolute Gasteiger partial charge is 0.210 e. The number of halogens is 1. The van der Waals surface area contributed by atoms with Crippen LogP contribution in [-0.2, 0) is 6.61 Å². The molecule has 5 nitrogen and oxygen atoms in total. The van der Waals surface area contributed by atoms with Crippen LogP contribution in [0.2, 0.25) is 5.02 Å². The molecule has 0 spiro atoms. The number of hydrogen-bond donors (Lipinski definition) is 1. The minimum atomic E-state index is 0.350. The van der Waals surface area contributed by atoms with Gasteiger partial charge in [0.05, 0.1) is 0 Å². The Morgan fingerprint density at radius 3 is 2.61 bits per heavy atom. The summed E-state index contributed by atoms with van der Waals surface area (Å²) in [7, 11) is 0. The van der Waals surface area contributed by atoms with E-state index < -0.39 is 0 Å². The van der Waals surface area contributed by atoms with E-state index in [2.05, 4.69) is 27.1 Å². The van der Waals surface area contributed by atoms with Gasteiger partial charge in [-0.15, -0.1) is 10.2 Å². The van der Waals surface area contributed by atoms with Crippen molar-refractivity contribution in [2.24, 2.45) is 0 Å². The normalized spacial score (nSPS) is 10.3. The third-order valence-corrected chi connectivity index (χ3v) is 3.99. The molecule has 3 aromatic rings. The second-order valence-corrected chi connectivity index (χ2v) is 6.08. The molecule has 0 amide bonds. The second-order valence-electron chi connectivity index (χ2n) is 4.58. The first-order chi connectivity index (χ1) is 11.2. The predicted octanol–water partition coefficient (Wildman–Crippen LogP) is 4.25. The average Bonchev–Trinajstić information content (AvgIpc) is 3.02. The van der Waals surface area contributed by atoms with Gasteiger partial charge in [0.1, 0.15) is 12.4 Å². The van der Waals surface area contributed by atoms with E-state index in [0.29, 0.717) is 16.8 Å². The number of nitrogens with zero attached hydrogens (tertiary/aromatic N) is 3. The fourth-order valence-electron chi connectivity index (χ4n) is 1.79. The maximum atomic E-state index is 5.83. The molecule has 0 atom stereocenters. The highest BCUT2D eigenvalue weighted by Gasteiger charge is 2.07. The highest BCUT2D eigenvalue weighted by Crippen LogP contribution is 2.22. The van der Waals surface area contributed by atoms with Crippen molar-refractivity contribution in [1.29, 1.82) is 0 Å². The van der Waals surface area contributed by atoms with E-state index in [1.54, 1.807) is 24.5 Å². The summed E-state index contributed by atoms with van der Waals surface area (Å²) in [5.41, 5.74) is 1.70. The van der Waals surface area contributed by atoms with Crippen LogP contribution in [-0.4, -0.2) is 15.2 Å². The lowest BCUT2D eigenvalue weighted by atomic mass is 10.2. The highest BCUT2D eigenvalue weighted by atomic mass is 35.5. The maximum Gasteiger partial charge on any atom is 0.210 e. The van der Waals surface area contributed by atoms with Crippen LogP contribution in [0.25, 0.3) is 5.70 Å². The molecular formula is C16H13ClN4OS. The van der Waals surface area contributed by atoms with Crippen LogP contribution in [0.3, 0.4) is 0 Å². The summed E-state index contributed by atoms with van der Waals surface area (Å²) in [4.78, 5) is 3.98. The monoisotopic (exact) mass is 344 g/mol. The van der Waals surface area contributed by atoms with Crippen molar-refractivity contribution in [2.45, 2.75) is 6.61 Å². The fraction of sp³-hybridized carbons (Fsp3) is 0.0625. The van der Waals surface area contributed by atoms with Crippen LogP contribution in [0, 0.1) is 0 Å². The Morgan fingerprint density at radius 1 is 1.13 bits per heavy atom. The first-order valence-electron chi connectivity index (χ1n) is 6.78. The topological polar surface area (TPSA) is 59.9 Å². The number of nitrogens with one attached hydrogen (secondary N) is 1. The van der Waals surface area contributed by atoms with Crippen LogP contribution in [0.15, 0.2) is 55.4 Å². The Morgan fingerprint density at radius 2 is 1.87 bits per heavy atom. The summed E-state index contributed by atoms with van der Waals surface area (Å²) in [5.74, 6) is 0.736. The SMILES string of the molecule is C=C(Nc1nnc(COc2ccc(Cl)cc2)s1)c1ccncc1. The molecule has 0 saturated carbocycles. The lowest BCUT2D eigenvalue weighted by molar-refractivity contribution is 0.304. The molecule has 1 N–H and O–H groups in total. The Hall–Kier alpha value is -2.44. The molecular weight excluding hydrogens is 332 g/mol. The van der Waals surface area contributed by atoms with Crippen molar-refractivity contribution >= 4 is 33.8 Å². The zero-order chi connectivity index (χ0) is 16.1. The molecule has 0 saturated heterocycles. The van der Waals surface area contributed by atoms with E-state index in [-0.39, 0.29) is 0 Å². The zero-order valence-corrected chi connectivity index (χ0v) is 13.6. The van der Waals surface area contributed by atoms with E-state index in [9.17, 15) is 0 Å². The number of pyridine rings is 1. The first kappa shape index (κ1) is 15.5. The molecule has 3 rings (SSSR count). The molecule has 1 aromatic carbocycles. The van der Waals surface area contributed by atoms with Gasteiger partial charge in [-0.1, -0.05) is 29.5 Å². The molecule has 0 aliphatic carbocycles. The van der Waals surface area contributed by atoms with E-state index in [1.165, 1.54) is 11.3 Å². The van der Waals surface area contributed by atoms with Gasteiger partial charge in [-0.25, -0.2) is 0 Å². The highest BCUT2D eigenvalue weighted by molar-refractivity contribution is 7.15. The quantitative estimate of drug-likeness (QED) is 0.724. The number of ether oxygens (including phenoxy) is 1. The molecule has 0 aliphatic rings. The Kier molecular flexibility index (Phi) is 4.85. The summed E-state index contributed by atoms with van der Waals surface area (Å²) >= 11 is 7.25. The molecule has 7 heteroatoms. The molecule has 0 fully saturated rings. The van der Waals surface area contributed by atoms with Crippen molar-refractivity contribution < 1.29 is 4.74 Å². The van der Waals surface area contributed by atoms with E-state index in [0.717, 1.165) is 22.0 Å². The van der Waals surface area contributed by atoms with E-state index in [1.807, 2.05) is 24.3 Å². The van der Waals surface area contributed by atoms with Crippen LogP contribution < -0.4 is 10.1 Å². The number of benzene rings is 1. The molecule has 23 heavy (non-hydrogen) atoms. The van der Waals surface area contributed by atoms with Crippen molar-refractivity contribution in [2.75, 3.05) is 5.32 Å². The van der Waals surface area contributed by atoms with Crippen LogP contribution in [0.1, 0.15) is 10.6 Å². The lowest BCUT2D eigenvalue weighted by Gasteiger charge is -2.05. The van der Waals surface area contributed by atoms with Crippen LogP contribution in [0.4, 0.5) is 5.13 Å². The van der Waals surface area contributed by atoms with Gasteiger partial charge in [-0.3, -0.25) is 4.98 Å². The van der Waals surface area contributed by atoms with Gasteiger partial charge in [-0.2, -0.15) is 0 Å². The summed E-state index contributed by atoms with van der Waals surface area (Å²) < 4.78 is 5.64. The Labute approximate surface area is 142 Å². The second kappa shape index (κ2) is 7.21. The van der Waals surface area contributed by atoms with Crippen LogP contribution >= 0.6 is 22.9 Å². The van der Waals surface area contributed by atoms with Gasteiger partial charge in [0.15, 0.2) is 5.01 Å². The van der Waals surface area contributed by atoms with E-state index in [4.69, 9.17) is 16.3 Å². The molecule has 2 aromatic heterocycles. The third-order valence-electron chi connectivity index (χ3n) is 2.93. The number of anilines is 1. The molecule has 0 radical (unpaired) electrons. The standard InChI is InChI=1S/C16H13ClN4OS/c1-11(12-6-8-18-9-7-12)19-16-21-20-15(23-16)10-22-14-4-2-13(17)3-5-14/h2-9H,1,10H2,(H,19,21).